The van der Waals surface area contributed by atoms with Gasteiger partial charge in [0.1, 0.15) is 0 Å². The molecule has 1 rings (SSSR count). The molecule has 0 amide bonds. The van der Waals surface area contributed by atoms with E-state index in [2.05, 4.69) is 24.0 Å². The van der Waals surface area contributed by atoms with E-state index in [9.17, 15) is 0 Å². The van der Waals surface area contributed by atoms with E-state index in [-0.39, 0.29) is 24.8 Å². The second-order valence-corrected chi connectivity index (χ2v) is 2.99. The Morgan fingerprint density at radius 2 is 1.58 bits per heavy atom. The van der Waals surface area contributed by atoms with Gasteiger partial charge in [-0.15, -0.1) is 24.8 Å². The zero-order chi connectivity index (χ0) is 7.40. The lowest BCUT2D eigenvalue weighted by Gasteiger charge is -2.33. The van der Waals surface area contributed by atoms with Crippen molar-refractivity contribution in [2.45, 2.75) is 26.2 Å². The van der Waals surface area contributed by atoms with Crippen LogP contribution in [-0.4, -0.2) is 36.7 Å². The van der Waals surface area contributed by atoms with Crippen molar-refractivity contribution in [2.24, 2.45) is 0 Å². The minimum atomic E-state index is 0. The van der Waals surface area contributed by atoms with Crippen LogP contribution in [-0.2, 0) is 0 Å². The second kappa shape index (κ2) is 8.11. The van der Waals surface area contributed by atoms with E-state index in [1.807, 2.05) is 0 Å². The molecule has 0 aromatic rings. The lowest BCUT2D eigenvalue weighted by Crippen LogP contribution is -2.42. The molecular formula is C8H20Cl2N2. The Balaban J connectivity index is 0. The predicted molar refractivity (Wildman–Crippen MR) is 58.2 cm³/mol. The summed E-state index contributed by atoms with van der Waals surface area (Å²) in [5, 5.41) is 4.77. The smallest absolute Gasteiger partial charge is 0.0133 e. The molecule has 1 heterocycles. The van der Waals surface area contributed by atoms with Gasteiger partial charge in [-0.1, -0.05) is 13.3 Å². The van der Waals surface area contributed by atoms with Crippen molar-refractivity contribution in [3.8, 4) is 0 Å². The molecule has 1 aliphatic rings. The van der Waals surface area contributed by atoms with Crippen LogP contribution in [0.1, 0.15) is 26.2 Å². The first-order chi connectivity index (χ1) is 4.84. The minimum Gasteiger partial charge on any atom is -0.245 e. The molecule has 0 saturated carbocycles. The van der Waals surface area contributed by atoms with Gasteiger partial charge in [0.15, 0.2) is 0 Å². The van der Waals surface area contributed by atoms with E-state index < -0.39 is 0 Å². The normalized spacial score (nSPS) is 18.2. The number of hydrazine groups is 1. The van der Waals surface area contributed by atoms with Crippen LogP contribution in [0.15, 0.2) is 0 Å². The van der Waals surface area contributed by atoms with Crippen molar-refractivity contribution in [1.29, 1.82) is 0 Å². The summed E-state index contributed by atoms with van der Waals surface area (Å²) in [7, 11) is 2.17. The Hall–Kier alpha value is 0.500. The first-order valence-electron chi connectivity index (χ1n) is 4.30. The van der Waals surface area contributed by atoms with Gasteiger partial charge in [0.05, 0.1) is 0 Å². The van der Waals surface area contributed by atoms with Crippen molar-refractivity contribution in [2.75, 3.05) is 26.7 Å². The van der Waals surface area contributed by atoms with E-state index in [4.69, 9.17) is 0 Å². The van der Waals surface area contributed by atoms with Crippen molar-refractivity contribution in [3.05, 3.63) is 0 Å². The maximum Gasteiger partial charge on any atom is 0.0133 e. The summed E-state index contributed by atoms with van der Waals surface area (Å²) in [5.74, 6) is 0. The summed E-state index contributed by atoms with van der Waals surface area (Å²) in [6.45, 7) is 5.88. The fourth-order valence-electron chi connectivity index (χ4n) is 1.42. The number of hydrogen-bond acceptors (Lipinski definition) is 2. The number of halogens is 2. The number of piperidine rings is 1. The van der Waals surface area contributed by atoms with Crippen LogP contribution in [0.2, 0.25) is 0 Å². The molecular weight excluding hydrogens is 195 g/mol. The standard InChI is InChI=1S/C8H18N2.2ClH/c1-3-9(2)10-7-5-4-6-8-10;;/h3-8H2,1-2H3;2*1H. The average Bonchev–Trinajstić information content (AvgIpc) is 2.05. The predicted octanol–water partition coefficient (Wildman–Crippen LogP) is 2.18. The molecule has 0 atom stereocenters. The molecule has 0 unspecified atom stereocenters. The van der Waals surface area contributed by atoms with E-state index >= 15 is 0 Å². The molecule has 0 aliphatic carbocycles. The van der Waals surface area contributed by atoms with Gasteiger partial charge < -0.3 is 0 Å². The zero-order valence-corrected chi connectivity index (χ0v) is 9.59. The third-order valence-corrected chi connectivity index (χ3v) is 2.27. The third-order valence-electron chi connectivity index (χ3n) is 2.27. The monoisotopic (exact) mass is 214 g/mol. The number of hydrogen-bond donors (Lipinski definition) is 0. The van der Waals surface area contributed by atoms with Gasteiger partial charge in [-0.2, -0.15) is 0 Å². The number of nitrogens with zero attached hydrogens (tertiary/aromatic N) is 2. The van der Waals surface area contributed by atoms with Crippen LogP contribution < -0.4 is 0 Å². The maximum atomic E-state index is 2.45. The van der Waals surface area contributed by atoms with Gasteiger partial charge in [-0.05, 0) is 12.8 Å². The lowest BCUT2D eigenvalue weighted by molar-refractivity contribution is -0.0117. The molecule has 76 valence electrons. The summed E-state index contributed by atoms with van der Waals surface area (Å²) >= 11 is 0. The van der Waals surface area contributed by atoms with Crippen LogP contribution in [0.3, 0.4) is 0 Å². The van der Waals surface area contributed by atoms with Crippen molar-refractivity contribution < 1.29 is 0 Å². The lowest BCUT2D eigenvalue weighted by atomic mass is 10.2. The fraction of sp³-hybridized carbons (Fsp3) is 1.00. The molecule has 0 aromatic carbocycles. The highest BCUT2D eigenvalue weighted by atomic mass is 35.5. The summed E-state index contributed by atoms with van der Waals surface area (Å²) in [6, 6.07) is 0. The summed E-state index contributed by atoms with van der Waals surface area (Å²) < 4.78 is 0. The van der Waals surface area contributed by atoms with Crippen molar-refractivity contribution >= 4 is 24.8 Å². The highest BCUT2D eigenvalue weighted by Crippen LogP contribution is 2.09. The first kappa shape index (κ1) is 15.0. The Labute approximate surface area is 88.1 Å². The van der Waals surface area contributed by atoms with Gasteiger partial charge >= 0.3 is 0 Å². The molecule has 12 heavy (non-hydrogen) atoms. The zero-order valence-electron chi connectivity index (χ0n) is 7.95. The van der Waals surface area contributed by atoms with Crippen LogP contribution in [0.4, 0.5) is 0 Å². The molecule has 1 aliphatic heterocycles. The van der Waals surface area contributed by atoms with Crippen LogP contribution in [0, 0.1) is 0 Å². The fourth-order valence-corrected chi connectivity index (χ4v) is 1.42. The molecule has 1 saturated heterocycles. The first-order valence-corrected chi connectivity index (χ1v) is 4.30. The van der Waals surface area contributed by atoms with E-state index in [0.29, 0.717) is 0 Å². The van der Waals surface area contributed by atoms with Crippen molar-refractivity contribution in [3.63, 3.8) is 0 Å². The highest BCUT2D eigenvalue weighted by Gasteiger charge is 2.12. The van der Waals surface area contributed by atoms with Gasteiger partial charge in [0, 0.05) is 26.7 Å². The highest BCUT2D eigenvalue weighted by molar-refractivity contribution is 5.85. The second-order valence-electron chi connectivity index (χ2n) is 2.99. The summed E-state index contributed by atoms with van der Waals surface area (Å²) in [6.07, 6.45) is 4.18. The quantitative estimate of drug-likeness (QED) is 0.696. The van der Waals surface area contributed by atoms with E-state index in [1.54, 1.807) is 0 Å². The number of rotatable bonds is 2. The minimum absolute atomic E-state index is 0. The Morgan fingerprint density at radius 3 is 2.00 bits per heavy atom. The van der Waals surface area contributed by atoms with Crippen molar-refractivity contribution in [1.82, 2.24) is 10.0 Å². The molecule has 2 nitrogen and oxygen atoms in total. The van der Waals surface area contributed by atoms with Crippen LogP contribution >= 0.6 is 24.8 Å². The molecule has 0 spiro atoms. The third kappa shape index (κ3) is 4.51. The Kier molecular flexibility index (Phi) is 10.1. The average molecular weight is 215 g/mol. The van der Waals surface area contributed by atoms with Crippen LogP contribution in [0.25, 0.3) is 0 Å². The van der Waals surface area contributed by atoms with Gasteiger partial charge in [-0.25, -0.2) is 10.0 Å². The SMILES string of the molecule is CCN(C)N1CCCCC1.Cl.Cl. The largest absolute Gasteiger partial charge is 0.245 e. The van der Waals surface area contributed by atoms with Gasteiger partial charge in [-0.3, -0.25) is 0 Å². The summed E-state index contributed by atoms with van der Waals surface area (Å²) in [5.41, 5.74) is 0. The van der Waals surface area contributed by atoms with Crippen LogP contribution in [0.5, 0.6) is 0 Å². The Morgan fingerprint density at radius 1 is 1.08 bits per heavy atom. The van der Waals surface area contributed by atoms with E-state index in [1.165, 1.54) is 32.4 Å². The molecule has 4 heteroatoms. The molecule has 0 radical (unpaired) electrons. The molecule has 1 fully saturated rings. The summed E-state index contributed by atoms with van der Waals surface area (Å²) in [4.78, 5) is 0. The van der Waals surface area contributed by atoms with E-state index in [0.717, 1.165) is 6.54 Å². The Bertz CT molecular complexity index is 95.1. The molecule has 0 aromatic heterocycles. The van der Waals surface area contributed by atoms with Gasteiger partial charge in [0.2, 0.25) is 0 Å². The molecule has 0 bridgehead atoms. The maximum absolute atomic E-state index is 2.45. The van der Waals surface area contributed by atoms with Gasteiger partial charge in [0.25, 0.3) is 0 Å². The topological polar surface area (TPSA) is 6.48 Å². The molecule has 0 N–H and O–H groups in total.